The fourth-order valence-corrected chi connectivity index (χ4v) is 1.87. The fourth-order valence-electron chi connectivity index (χ4n) is 1.87. The van der Waals surface area contributed by atoms with Crippen LogP contribution in [0.3, 0.4) is 0 Å². The number of pyridine rings is 1. The molecule has 1 saturated carbocycles. The SMILES string of the molecule is CC(=CCCNC1CC1)Cc1cccnc1N. The highest BCUT2D eigenvalue weighted by Crippen LogP contribution is 2.18. The summed E-state index contributed by atoms with van der Waals surface area (Å²) >= 11 is 0. The molecule has 0 unspecified atom stereocenters. The van der Waals surface area contributed by atoms with E-state index in [1.165, 1.54) is 18.4 Å². The van der Waals surface area contributed by atoms with Crippen molar-refractivity contribution in [2.24, 2.45) is 0 Å². The number of allylic oxidation sites excluding steroid dienone is 1. The molecular weight excluding hydrogens is 210 g/mol. The second-order valence-electron chi connectivity index (χ2n) is 4.79. The molecule has 0 atom stereocenters. The average Bonchev–Trinajstić information content (AvgIpc) is 3.12. The van der Waals surface area contributed by atoms with Gasteiger partial charge in [0, 0.05) is 12.2 Å². The first-order valence-corrected chi connectivity index (χ1v) is 6.34. The van der Waals surface area contributed by atoms with E-state index >= 15 is 0 Å². The smallest absolute Gasteiger partial charge is 0.126 e. The first-order valence-electron chi connectivity index (χ1n) is 6.34. The minimum Gasteiger partial charge on any atom is -0.383 e. The molecule has 0 radical (unpaired) electrons. The van der Waals surface area contributed by atoms with E-state index < -0.39 is 0 Å². The molecule has 0 amide bonds. The van der Waals surface area contributed by atoms with Crippen molar-refractivity contribution in [3.63, 3.8) is 0 Å². The topological polar surface area (TPSA) is 50.9 Å². The molecule has 0 aromatic carbocycles. The van der Waals surface area contributed by atoms with Gasteiger partial charge in [-0.2, -0.15) is 0 Å². The molecule has 0 bridgehead atoms. The number of nitrogens with one attached hydrogen (secondary N) is 1. The van der Waals surface area contributed by atoms with Crippen molar-refractivity contribution in [1.82, 2.24) is 10.3 Å². The molecule has 1 aliphatic rings. The van der Waals surface area contributed by atoms with Crippen molar-refractivity contribution < 1.29 is 0 Å². The largest absolute Gasteiger partial charge is 0.383 e. The molecule has 3 heteroatoms. The Morgan fingerprint density at radius 2 is 2.41 bits per heavy atom. The molecule has 17 heavy (non-hydrogen) atoms. The van der Waals surface area contributed by atoms with E-state index in [4.69, 9.17) is 5.73 Å². The van der Waals surface area contributed by atoms with Crippen molar-refractivity contribution in [1.29, 1.82) is 0 Å². The number of anilines is 1. The molecule has 2 rings (SSSR count). The van der Waals surface area contributed by atoms with E-state index in [1.54, 1.807) is 6.20 Å². The number of nitrogen functional groups attached to an aromatic ring is 1. The third kappa shape index (κ3) is 4.19. The number of hydrogen-bond donors (Lipinski definition) is 2. The van der Waals surface area contributed by atoms with Gasteiger partial charge in [-0.25, -0.2) is 4.98 Å². The first kappa shape index (κ1) is 12.1. The Morgan fingerprint density at radius 1 is 1.59 bits per heavy atom. The van der Waals surface area contributed by atoms with E-state index in [-0.39, 0.29) is 0 Å². The summed E-state index contributed by atoms with van der Waals surface area (Å²) in [6, 6.07) is 4.79. The minimum atomic E-state index is 0.649. The summed E-state index contributed by atoms with van der Waals surface area (Å²) in [5.74, 6) is 0.649. The van der Waals surface area contributed by atoms with Crippen molar-refractivity contribution in [3.8, 4) is 0 Å². The number of hydrogen-bond acceptors (Lipinski definition) is 3. The summed E-state index contributed by atoms with van der Waals surface area (Å²) in [4.78, 5) is 4.10. The maximum Gasteiger partial charge on any atom is 0.126 e. The molecule has 1 heterocycles. The molecule has 1 aromatic rings. The predicted octanol–water partition coefficient (Wildman–Crippen LogP) is 2.29. The van der Waals surface area contributed by atoms with Gasteiger partial charge in [-0.3, -0.25) is 0 Å². The lowest BCUT2D eigenvalue weighted by Crippen LogP contribution is -2.16. The van der Waals surface area contributed by atoms with Crippen LogP contribution in [0.2, 0.25) is 0 Å². The molecule has 0 spiro atoms. The Hall–Kier alpha value is -1.35. The van der Waals surface area contributed by atoms with E-state index in [0.29, 0.717) is 5.82 Å². The van der Waals surface area contributed by atoms with Crippen LogP contribution >= 0.6 is 0 Å². The Bertz CT molecular complexity index is 394. The van der Waals surface area contributed by atoms with Crippen molar-refractivity contribution >= 4 is 5.82 Å². The Kier molecular flexibility index (Phi) is 4.15. The predicted molar refractivity (Wildman–Crippen MR) is 71.8 cm³/mol. The van der Waals surface area contributed by atoms with E-state index in [9.17, 15) is 0 Å². The molecule has 1 aromatic heterocycles. The van der Waals surface area contributed by atoms with Crippen LogP contribution in [0.5, 0.6) is 0 Å². The normalized spacial score (nSPS) is 16.2. The van der Waals surface area contributed by atoms with Gasteiger partial charge in [0.2, 0.25) is 0 Å². The number of aromatic nitrogens is 1. The van der Waals surface area contributed by atoms with Gasteiger partial charge in [-0.05, 0) is 50.8 Å². The first-order chi connectivity index (χ1) is 8.25. The third-order valence-corrected chi connectivity index (χ3v) is 3.04. The third-order valence-electron chi connectivity index (χ3n) is 3.04. The van der Waals surface area contributed by atoms with Crippen LogP contribution in [0.25, 0.3) is 0 Å². The molecule has 3 nitrogen and oxygen atoms in total. The van der Waals surface area contributed by atoms with E-state index in [2.05, 4.69) is 23.3 Å². The summed E-state index contributed by atoms with van der Waals surface area (Å²) in [6.45, 7) is 3.24. The summed E-state index contributed by atoms with van der Waals surface area (Å²) < 4.78 is 0. The van der Waals surface area contributed by atoms with Gasteiger partial charge < -0.3 is 11.1 Å². The fraction of sp³-hybridized carbons (Fsp3) is 0.500. The summed E-state index contributed by atoms with van der Waals surface area (Å²) in [6.07, 6.45) is 8.74. The van der Waals surface area contributed by atoms with Gasteiger partial charge in [0.1, 0.15) is 5.82 Å². The second kappa shape index (κ2) is 5.82. The highest BCUT2D eigenvalue weighted by molar-refractivity contribution is 5.40. The lowest BCUT2D eigenvalue weighted by molar-refractivity contribution is 0.688. The van der Waals surface area contributed by atoms with Crippen LogP contribution in [0.4, 0.5) is 5.82 Å². The van der Waals surface area contributed by atoms with Crippen LogP contribution in [0, 0.1) is 0 Å². The minimum absolute atomic E-state index is 0.649. The highest BCUT2D eigenvalue weighted by atomic mass is 14.9. The number of nitrogens with zero attached hydrogens (tertiary/aromatic N) is 1. The molecule has 0 aliphatic heterocycles. The van der Waals surface area contributed by atoms with Crippen molar-refractivity contribution in [2.75, 3.05) is 12.3 Å². The van der Waals surface area contributed by atoms with E-state index in [0.717, 1.165) is 31.0 Å². The maximum absolute atomic E-state index is 5.82. The zero-order valence-corrected chi connectivity index (χ0v) is 10.4. The van der Waals surface area contributed by atoms with Crippen LogP contribution in [-0.4, -0.2) is 17.6 Å². The zero-order valence-electron chi connectivity index (χ0n) is 10.4. The monoisotopic (exact) mass is 231 g/mol. The van der Waals surface area contributed by atoms with Crippen LogP contribution in [-0.2, 0) is 6.42 Å². The molecule has 3 N–H and O–H groups in total. The van der Waals surface area contributed by atoms with Gasteiger partial charge in [-0.15, -0.1) is 0 Å². The second-order valence-corrected chi connectivity index (χ2v) is 4.79. The van der Waals surface area contributed by atoms with Gasteiger partial charge in [0.15, 0.2) is 0 Å². The van der Waals surface area contributed by atoms with Crippen LogP contribution < -0.4 is 11.1 Å². The lowest BCUT2D eigenvalue weighted by Gasteiger charge is -2.05. The van der Waals surface area contributed by atoms with Crippen LogP contribution in [0.1, 0.15) is 31.7 Å². The maximum atomic E-state index is 5.82. The van der Waals surface area contributed by atoms with Crippen LogP contribution in [0.15, 0.2) is 30.0 Å². The molecular formula is C14H21N3. The standard InChI is InChI=1S/C14H21N3/c1-11(4-2-8-16-13-6-7-13)10-12-5-3-9-17-14(12)15/h3-5,9,13,16H,2,6-8,10H2,1H3,(H2,15,17). The Balaban J connectivity index is 1.76. The van der Waals surface area contributed by atoms with Crippen molar-refractivity contribution in [3.05, 3.63) is 35.5 Å². The molecule has 1 aliphatic carbocycles. The number of rotatable bonds is 6. The average molecular weight is 231 g/mol. The molecule has 0 saturated heterocycles. The van der Waals surface area contributed by atoms with Gasteiger partial charge in [0.05, 0.1) is 0 Å². The Morgan fingerprint density at radius 3 is 3.12 bits per heavy atom. The van der Waals surface area contributed by atoms with Crippen molar-refractivity contribution in [2.45, 2.75) is 38.6 Å². The summed E-state index contributed by atoms with van der Waals surface area (Å²) in [5, 5.41) is 3.51. The summed E-state index contributed by atoms with van der Waals surface area (Å²) in [7, 11) is 0. The zero-order chi connectivity index (χ0) is 12.1. The van der Waals surface area contributed by atoms with Gasteiger partial charge >= 0.3 is 0 Å². The highest BCUT2D eigenvalue weighted by Gasteiger charge is 2.19. The molecule has 92 valence electrons. The molecule has 1 fully saturated rings. The van der Waals surface area contributed by atoms with Gasteiger partial charge in [-0.1, -0.05) is 17.7 Å². The van der Waals surface area contributed by atoms with Gasteiger partial charge in [0.25, 0.3) is 0 Å². The quantitative estimate of drug-likeness (QED) is 0.583. The van der Waals surface area contributed by atoms with E-state index in [1.807, 2.05) is 12.1 Å². The lowest BCUT2D eigenvalue weighted by atomic mass is 10.1. The number of nitrogens with two attached hydrogens (primary N) is 1. The summed E-state index contributed by atoms with van der Waals surface area (Å²) in [5.41, 5.74) is 8.31. The Labute approximate surface area is 103 Å².